The number of anilines is 6. The maximum atomic E-state index is 14.3. The highest BCUT2D eigenvalue weighted by Crippen LogP contribution is 2.37. The van der Waals surface area contributed by atoms with Gasteiger partial charge in [-0.1, -0.05) is 0 Å². The van der Waals surface area contributed by atoms with E-state index in [1.807, 2.05) is 0 Å². The van der Waals surface area contributed by atoms with E-state index < -0.39 is 209 Å². The molecule has 2 aliphatic rings. The molecule has 1 heterocycles. The van der Waals surface area contributed by atoms with E-state index >= 15 is 0 Å². The van der Waals surface area contributed by atoms with Crippen molar-refractivity contribution >= 4 is 162 Å². The zero-order chi connectivity index (χ0) is 61.6. The van der Waals surface area contributed by atoms with Gasteiger partial charge in [-0.05, 0) is 108 Å². The van der Waals surface area contributed by atoms with Gasteiger partial charge >= 0.3 is 20.8 Å². The fourth-order valence-corrected chi connectivity index (χ4v) is 12.7. The van der Waals surface area contributed by atoms with Crippen LogP contribution >= 0.6 is 11.6 Å². The van der Waals surface area contributed by atoms with Crippen LogP contribution in [0.5, 0.6) is 0 Å². The number of rotatable bonds is 22. The molecule has 7 rings (SSSR count). The molecule has 2 aliphatic carbocycles. The number of nitrogens with zero attached hydrogens (tertiary/aromatic N) is 5. The number of Topliss-reactive ketones (excluding diaryl/α,β-unsaturated/α-hetero) is 2. The number of hydrazone groups is 2. The number of hydrogen-bond donors (Lipinski definition) is 10. The molecule has 35 nitrogen and oxygen atoms in total. The molecule has 0 radical (unpaired) electrons. The van der Waals surface area contributed by atoms with E-state index in [1.165, 1.54) is 0 Å². The third-order valence-electron chi connectivity index (χ3n) is 10.7. The van der Waals surface area contributed by atoms with Gasteiger partial charge in [0, 0.05) is 0 Å². The van der Waals surface area contributed by atoms with Crippen molar-refractivity contribution in [3.63, 3.8) is 0 Å². The first kappa shape index (κ1) is 63.4. The SMILES string of the molecule is O=C1/C(=N\Nc2ccc(S(=O)(=O)CCOS(=O)(=O)O)cc2)C(S(=O)(=O)O)=Cc2cc(S(=O)(=O)O)cc(Nc3nc(Cl)nc(Nc4cc(S(=O)(=O)O)cc5c4C(=O)/C(=N\Nc4ccc(S(=O)(=O)CCOS(=O)(=O)O)cc4)C(S(=O)(=O)O)=C5)n3)c21. The molecule has 10 N–H and O–H groups in total. The Morgan fingerprint density at radius 2 is 0.795 bits per heavy atom. The highest BCUT2D eigenvalue weighted by Gasteiger charge is 2.38. The number of carbonyl (C=O) groups excluding carboxylic acids is 2. The maximum Gasteiger partial charge on any atom is 0.397 e. The van der Waals surface area contributed by atoms with Crippen molar-refractivity contribution in [3.8, 4) is 0 Å². The van der Waals surface area contributed by atoms with E-state index in [4.69, 9.17) is 20.7 Å². The summed E-state index contributed by atoms with van der Waals surface area (Å²) >= 11 is 6.21. The molecule has 0 spiro atoms. The van der Waals surface area contributed by atoms with E-state index in [1.54, 1.807) is 0 Å². The molecule has 0 aliphatic heterocycles. The monoisotopic (exact) mass is 1330 g/mol. The Morgan fingerprint density at radius 1 is 0.458 bits per heavy atom. The van der Waals surface area contributed by atoms with E-state index in [-0.39, 0.29) is 11.4 Å². The number of hydrogen-bond acceptors (Lipinski definition) is 29. The molecule has 0 saturated heterocycles. The molecule has 0 unspecified atom stereocenters. The number of aromatic nitrogens is 3. The summed E-state index contributed by atoms with van der Waals surface area (Å²) in [7, 11) is -40.0. The fourth-order valence-electron chi connectivity index (χ4n) is 7.14. The number of benzene rings is 4. The third kappa shape index (κ3) is 15.7. The van der Waals surface area contributed by atoms with Gasteiger partial charge in [0.25, 0.3) is 40.5 Å². The van der Waals surface area contributed by atoms with Gasteiger partial charge in [-0.25, -0.2) is 25.2 Å². The molecule has 0 saturated carbocycles. The number of halogens is 1. The fraction of sp³-hybridized carbons (Fsp3) is 0.103. The first-order valence-corrected chi connectivity index (χ1v) is 33.6. The van der Waals surface area contributed by atoms with Crippen molar-refractivity contribution in [3.05, 3.63) is 110 Å². The summed E-state index contributed by atoms with van der Waals surface area (Å²) in [5, 5.41) is 11.5. The van der Waals surface area contributed by atoms with Gasteiger partial charge in [0.05, 0.1) is 78.2 Å². The Bertz CT molecular complexity index is 4380. The average molecular weight is 1330 g/mol. The zero-order valence-electron chi connectivity index (χ0n) is 40.1. The highest BCUT2D eigenvalue weighted by molar-refractivity contribution is 7.92. The average Bonchev–Trinajstić information content (AvgIpc) is 3.53. The Labute approximate surface area is 473 Å². The van der Waals surface area contributed by atoms with Crippen molar-refractivity contribution in [1.82, 2.24) is 15.0 Å². The van der Waals surface area contributed by atoms with Gasteiger partial charge < -0.3 is 10.6 Å². The summed E-state index contributed by atoms with van der Waals surface area (Å²) in [5.41, 5.74) is -2.13. The van der Waals surface area contributed by atoms with Crippen LogP contribution in [0.15, 0.2) is 112 Å². The molecule has 4 aromatic carbocycles. The Hall–Kier alpha value is -7.18. The lowest BCUT2D eigenvalue weighted by atomic mass is 9.93. The van der Waals surface area contributed by atoms with Gasteiger partial charge in [-0.15, -0.1) is 0 Å². The largest absolute Gasteiger partial charge is 0.397 e. The summed E-state index contributed by atoms with van der Waals surface area (Å²) in [5.74, 6) is -6.33. The summed E-state index contributed by atoms with van der Waals surface area (Å²) in [6.45, 7) is -1.95. The molecule has 1 aromatic heterocycles. The maximum absolute atomic E-state index is 14.3. The first-order chi connectivity index (χ1) is 38.1. The van der Waals surface area contributed by atoms with Crippen LogP contribution in [0.25, 0.3) is 12.2 Å². The molecule has 0 fully saturated rings. The summed E-state index contributed by atoms with van der Waals surface area (Å²) in [6.07, 6.45) is 1.09. The number of nitrogens with one attached hydrogen (secondary N) is 4. The molecule has 0 atom stereocenters. The second-order valence-electron chi connectivity index (χ2n) is 16.3. The minimum absolute atomic E-state index is 0.161. The summed E-state index contributed by atoms with van der Waals surface area (Å²) in [4.78, 5) is 34.8. The Kier molecular flexibility index (Phi) is 17.7. The number of ketones is 2. The first-order valence-electron chi connectivity index (χ1n) is 21.4. The van der Waals surface area contributed by atoms with Crippen LogP contribution in [0.3, 0.4) is 0 Å². The molecular weight excluding hydrogens is 1300 g/mol. The molecule has 5 aromatic rings. The van der Waals surface area contributed by atoms with Crippen molar-refractivity contribution in [1.29, 1.82) is 0 Å². The molecule has 0 bridgehead atoms. The van der Waals surface area contributed by atoms with E-state index in [0.717, 1.165) is 48.5 Å². The smallest absolute Gasteiger partial charge is 0.323 e. The summed E-state index contributed by atoms with van der Waals surface area (Å²) < 4.78 is 261. The van der Waals surface area contributed by atoms with Crippen LogP contribution in [-0.4, -0.2) is 157 Å². The van der Waals surface area contributed by atoms with Crippen molar-refractivity contribution in [2.45, 2.75) is 19.6 Å². The molecule has 83 heavy (non-hydrogen) atoms. The lowest BCUT2D eigenvalue weighted by Gasteiger charge is -2.21. The van der Waals surface area contributed by atoms with Gasteiger partial charge in [-0.2, -0.15) is 75.7 Å². The normalized spacial score (nSPS) is 15.5. The topological polar surface area (TPSA) is 559 Å². The van der Waals surface area contributed by atoms with Crippen LogP contribution in [0.1, 0.15) is 31.8 Å². The highest BCUT2D eigenvalue weighted by atomic mass is 35.5. The molecule has 0 amide bonds. The number of fused-ring (bicyclic) bond motifs is 2. The quantitative estimate of drug-likeness (QED) is 0.0346. The van der Waals surface area contributed by atoms with Crippen LogP contribution in [0, 0.1) is 0 Å². The third-order valence-corrected chi connectivity index (χ3v) is 18.5. The van der Waals surface area contributed by atoms with Gasteiger partial charge in [-0.3, -0.25) is 47.8 Å². The molecule has 444 valence electrons. The van der Waals surface area contributed by atoms with Crippen LogP contribution < -0.4 is 21.5 Å². The minimum Gasteiger partial charge on any atom is -0.323 e. The zero-order valence-corrected chi connectivity index (χ0v) is 47.4. The van der Waals surface area contributed by atoms with Crippen molar-refractivity contribution < 1.29 is 113 Å². The second kappa shape index (κ2) is 23.1. The van der Waals surface area contributed by atoms with Crippen LogP contribution in [-0.2, 0) is 89.3 Å². The second-order valence-corrected chi connectivity index (χ2v) is 28.6. The van der Waals surface area contributed by atoms with Crippen LogP contribution in [0.2, 0.25) is 5.28 Å². The number of carbonyl (C=O) groups is 2. The van der Waals surface area contributed by atoms with Crippen LogP contribution in [0.4, 0.5) is 34.6 Å². The Balaban J connectivity index is 1.25. The molecule has 44 heteroatoms. The van der Waals surface area contributed by atoms with E-state index in [0.29, 0.717) is 36.4 Å². The van der Waals surface area contributed by atoms with E-state index in [2.05, 4.69) is 55.0 Å². The van der Waals surface area contributed by atoms with Gasteiger partial charge in [0.2, 0.25) is 28.7 Å². The lowest BCUT2D eigenvalue weighted by Crippen LogP contribution is -2.28. The Morgan fingerprint density at radius 3 is 1.10 bits per heavy atom. The van der Waals surface area contributed by atoms with Crippen molar-refractivity contribution in [2.75, 3.05) is 46.2 Å². The summed E-state index contributed by atoms with van der Waals surface area (Å²) in [6, 6.07) is 10.3. The standard InChI is InChI=1S/C39H32ClN9O26S8/c40-37-43-38(41-27-17-25(78(56,57)58)13-19-15-29(80(62,63)64)33(35(50)31(19)27)48-46-21-1-5-23(6-2-21)76(52,53)11-9-74-82(68,69)70)45-39(44-37)42-28-18-26(79(59,60)61)14-20-16-30(81(65,66)67)34(36(51)32(20)28)49-47-22-3-7-24(8-4-22)77(54,55)12-10-75-83(71,72)73/h1-8,13-18,46-47H,9-12H2,(H,56,57,58)(H,59,60,61)(H,62,63,64)(H,65,66,67)(H,68,69,70)(H,71,72,73)(H2,41,42,43,44,45)/b48-33-,49-34-. The predicted molar refractivity (Wildman–Crippen MR) is 286 cm³/mol. The minimum atomic E-state index is -5.47. The molecular formula is C39H32ClN9O26S8. The predicted octanol–water partition coefficient (Wildman–Crippen LogP) is 1.48. The number of sulfone groups is 2. The van der Waals surface area contributed by atoms with Gasteiger partial charge in [0.1, 0.15) is 9.81 Å². The number of allylic oxidation sites excluding steroid dienone is 2. The van der Waals surface area contributed by atoms with E-state index in [9.17, 15) is 95.1 Å². The van der Waals surface area contributed by atoms with Crippen molar-refractivity contribution in [2.24, 2.45) is 10.2 Å². The lowest BCUT2D eigenvalue weighted by molar-refractivity contribution is 0.105. The van der Waals surface area contributed by atoms with Gasteiger partial charge in [0.15, 0.2) is 31.1 Å².